The summed E-state index contributed by atoms with van der Waals surface area (Å²) in [5.74, 6) is 1.07. The van der Waals surface area contributed by atoms with Crippen LogP contribution in [0.4, 0.5) is 0 Å². The van der Waals surface area contributed by atoms with Crippen LogP contribution >= 0.6 is 0 Å². The fraction of sp³-hybridized carbons (Fsp3) is 0.480. The average Bonchev–Trinajstić information content (AvgIpc) is 2.61. The number of carbonyl (C=O) groups is 1. The molecule has 0 saturated heterocycles. The molecule has 0 radical (unpaired) electrons. The second kappa shape index (κ2) is 9.27. The number of ether oxygens (including phenoxy) is 1. The Morgan fingerprint density at radius 1 is 1.04 bits per heavy atom. The fourth-order valence-electron chi connectivity index (χ4n) is 3.65. The number of nitrogens with one attached hydrogen (secondary N) is 1. The van der Waals surface area contributed by atoms with E-state index >= 15 is 0 Å². The molecule has 0 aliphatic carbocycles. The number of aryl methyl sites for hydroxylation is 1. The quantitative estimate of drug-likeness (QED) is 0.631. The minimum Gasteiger partial charge on any atom is -0.481 e. The van der Waals surface area contributed by atoms with E-state index in [0.29, 0.717) is 5.92 Å². The van der Waals surface area contributed by atoms with E-state index in [2.05, 4.69) is 76.3 Å². The van der Waals surface area contributed by atoms with Crippen molar-refractivity contribution in [3.63, 3.8) is 0 Å². The molecule has 0 saturated carbocycles. The second-order valence-corrected chi connectivity index (χ2v) is 8.82. The van der Waals surface area contributed by atoms with Gasteiger partial charge >= 0.3 is 0 Å². The lowest BCUT2D eigenvalue weighted by atomic mass is 9.79. The van der Waals surface area contributed by atoms with Crippen molar-refractivity contribution in [3.05, 3.63) is 65.2 Å². The van der Waals surface area contributed by atoms with Crippen LogP contribution in [0, 0.1) is 6.92 Å². The third-order valence-corrected chi connectivity index (χ3v) is 5.22. The summed E-state index contributed by atoms with van der Waals surface area (Å²) in [6.45, 7) is 14.6. The molecule has 0 heterocycles. The second-order valence-electron chi connectivity index (χ2n) is 8.82. The van der Waals surface area contributed by atoms with Gasteiger partial charge < -0.3 is 10.1 Å². The number of amides is 1. The van der Waals surface area contributed by atoms with Crippen LogP contribution in [0.2, 0.25) is 0 Å². The molecule has 0 aliphatic heterocycles. The van der Waals surface area contributed by atoms with Crippen LogP contribution in [0.5, 0.6) is 5.75 Å². The van der Waals surface area contributed by atoms with Crippen molar-refractivity contribution < 1.29 is 9.53 Å². The maximum Gasteiger partial charge on any atom is 0.260 e. The molecule has 0 fully saturated rings. The van der Waals surface area contributed by atoms with Crippen molar-refractivity contribution in [2.45, 2.75) is 78.4 Å². The molecule has 28 heavy (non-hydrogen) atoms. The molecule has 2 aromatic carbocycles. The molecule has 1 amide bonds. The van der Waals surface area contributed by atoms with E-state index in [1.165, 1.54) is 5.56 Å². The highest BCUT2D eigenvalue weighted by molar-refractivity contribution is 5.81. The molecule has 1 N–H and O–H groups in total. The van der Waals surface area contributed by atoms with E-state index in [0.717, 1.165) is 23.3 Å². The van der Waals surface area contributed by atoms with Crippen LogP contribution in [-0.4, -0.2) is 18.1 Å². The van der Waals surface area contributed by atoms with Crippen molar-refractivity contribution in [2.24, 2.45) is 0 Å². The first kappa shape index (κ1) is 22.0. The normalized spacial score (nSPS) is 13.9. The summed E-state index contributed by atoms with van der Waals surface area (Å²) < 4.78 is 6.05. The Bertz CT molecular complexity index is 780. The Balaban J connectivity index is 2.00. The lowest BCUT2D eigenvalue weighted by Gasteiger charge is -2.30. The molecule has 2 rings (SSSR count). The monoisotopic (exact) mass is 381 g/mol. The Morgan fingerprint density at radius 2 is 1.68 bits per heavy atom. The van der Waals surface area contributed by atoms with Crippen LogP contribution in [0.15, 0.2) is 48.5 Å². The van der Waals surface area contributed by atoms with Crippen LogP contribution in [0.25, 0.3) is 0 Å². The van der Waals surface area contributed by atoms with E-state index < -0.39 is 6.10 Å². The first-order valence-electron chi connectivity index (χ1n) is 10.2. The number of carbonyl (C=O) groups excluding carboxylic acids is 1. The number of hydrogen-bond acceptors (Lipinski definition) is 2. The van der Waals surface area contributed by atoms with Gasteiger partial charge in [-0.1, -0.05) is 70.2 Å². The van der Waals surface area contributed by atoms with Gasteiger partial charge in [0.25, 0.3) is 5.91 Å². The molecule has 0 bridgehead atoms. The lowest BCUT2D eigenvalue weighted by molar-refractivity contribution is -0.128. The van der Waals surface area contributed by atoms with Crippen molar-refractivity contribution in [3.8, 4) is 5.75 Å². The van der Waals surface area contributed by atoms with Crippen LogP contribution in [0.3, 0.4) is 0 Å². The Hall–Kier alpha value is -2.29. The lowest BCUT2D eigenvalue weighted by Crippen LogP contribution is -2.43. The molecule has 152 valence electrons. The summed E-state index contributed by atoms with van der Waals surface area (Å²) >= 11 is 0. The zero-order valence-electron chi connectivity index (χ0n) is 18.4. The summed E-state index contributed by atoms with van der Waals surface area (Å²) in [5.41, 5.74) is 3.52. The summed E-state index contributed by atoms with van der Waals surface area (Å²) in [7, 11) is 0. The first-order chi connectivity index (χ1) is 13.1. The molecule has 2 atom stereocenters. The highest BCUT2D eigenvalue weighted by Gasteiger charge is 2.26. The maximum atomic E-state index is 12.7. The summed E-state index contributed by atoms with van der Waals surface area (Å²) in [6.07, 6.45) is 0.318. The van der Waals surface area contributed by atoms with Gasteiger partial charge in [0.2, 0.25) is 0 Å². The van der Waals surface area contributed by atoms with E-state index in [1.807, 2.05) is 26.0 Å². The molecular formula is C25H35NO2. The molecule has 3 nitrogen and oxygen atoms in total. The summed E-state index contributed by atoms with van der Waals surface area (Å²) in [6, 6.07) is 16.7. The molecule has 3 heteroatoms. The van der Waals surface area contributed by atoms with E-state index in [1.54, 1.807) is 0 Å². The van der Waals surface area contributed by atoms with Crippen molar-refractivity contribution >= 4 is 5.91 Å². The van der Waals surface area contributed by atoms with Gasteiger partial charge in [0.15, 0.2) is 6.10 Å². The molecule has 0 unspecified atom stereocenters. The summed E-state index contributed by atoms with van der Waals surface area (Å²) in [5, 5.41) is 3.13. The van der Waals surface area contributed by atoms with Gasteiger partial charge in [0.1, 0.15) is 5.75 Å². The standard InChI is InChI=1S/C25H35NO2/c1-17(2)22-14-13-18(3)15-23(22)28-20(5)24(27)26-19(4)16-25(6,7)21-11-9-8-10-12-21/h8-15,17,19-20H,16H2,1-7H3,(H,26,27)/t19-,20-/m0/s1. The number of hydrogen-bond donors (Lipinski definition) is 1. The largest absolute Gasteiger partial charge is 0.481 e. The fourth-order valence-corrected chi connectivity index (χ4v) is 3.65. The van der Waals surface area contributed by atoms with Gasteiger partial charge in [0.05, 0.1) is 0 Å². The van der Waals surface area contributed by atoms with Gasteiger partial charge in [0, 0.05) is 6.04 Å². The van der Waals surface area contributed by atoms with Crippen molar-refractivity contribution in [1.82, 2.24) is 5.32 Å². The maximum absolute atomic E-state index is 12.7. The zero-order chi connectivity index (χ0) is 20.9. The minimum absolute atomic E-state index is 0.0145. The topological polar surface area (TPSA) is 38.3 Å². The minimum atomic E-state index is -0.540. The van der Waals surface area contributed by atoms with Crippen molar-refractivity contribution in [2.75, 3.05) is 0 Å². The van der Waals surface area contributed by atoms with E-state index in [9.17, 15) is 4.79 Å². The Kier molecular flexibility index (Phi) is 7.29. The van der Waals surface area contributed by atoms with Gasteiger partial charge in [-0.15, -0.1) is 0 Å². The Labute approximate surface area is 170 Å². The van der Waals surface area contributed by atoms with Gasteiger partial charge in [-0.05, 0) is 61.3 Å². The molecule has 0 aliphatic rings. The third kappa shape index (κ3) is 5.85. The zero-order valence-corrected chi connectivity index (χ0v) is 18.4. The van der Waals surface area contributed by atoms with Crippen LogP contribution in [0.1, 0.15) is 70.6 Å². The van der Waals surface area contributed by atoms with Gasteiger partial charge in [-0.25, -0.2) is 0 Å². The van der Waals surface area contributed by atoms with Gasteiger partial charge in [-0.2, -0.15) is 0 Å². The molecular weight excluding hydrogens is 346 g/mol. The number of rotatable bonds is 8. The number of benzene rings is 2. The molecule has 0 spiro atoms. The predicted octanol–water partition coefficient (Wildman–Crippen LogP) is 5.76. The molecule has 2 aromatic rings. The average molecular weight is 382 g/mol. The third-order valence-electron chi connectivity index (χ3n) is 5.22. The summed E-state index contributed by atoms with van der Waals surface area (Å²) in [4.78, 5) is 12.7. The van der Waals surface area contributed by atoms with Crippen LogP contribution < -0.4 is 10.1 Å². The van der Waals surface area contributed by atoms with E-state index in [-0.39, 0.29) is 17.4 Å². The van der Waals surface area contributed by atoms with E-state index in [4.69, 9.17) is 4.74 Å². The molecule has 0 aromatic heterocycles. The highest BCUT2D eigenvalue weighted by Crippen LogP contribution is 2.29. The predicted molar refractivity (Wildman–Crippen MR) is 117 cm³/mol. The smallest absolute Gasteiger partial charge is 0.260 e. The Morgan fingerprint density at radius 3 is 2.29 bits per heavy atom. The van der Waals surface area contributed by atoms with Crippen molar-refractivity contribution in [1.29, 1.82) is 0 Å². The first-order valence-corrected chi connectivity index (χ1v) is 10.2. The highest BCUT2D eigenvalue weighted by atomic mass is 16.5. The van der Waals surface area contributed by atoms with Crippen LogP contribution in [-0.2, 0) is 10.2 Å². The van der Waals surface area contributed by atoms with Gasteiger partial charge in [-0.3, -0.25) is 4.79 Å². The SMILES string of the molecule is Cc1ccc(C(C)C)c(O[C@@H](C)C(=O)N[C@@H](C)CC(C)(C)c2ccccc2)c1.